The van der Waals surface area contributed by atoms with Crippen molar-refractivity contribution in [2.45, 2.75) is 19.3 Å². The Labute approximate surface area is 185 Å². The van der Waals surface area contributed by atoms with Crippen LogP contribution in [0.1, 0.15) is 18.4 Å². The largest absolute Gasteiger partial charge is 0.455 e. The molecule has 0 bridgehead atoms. The molecule has 1 saturated heterocycles. The minimum atomic E-state index is -0.515. The van der Waals surface area contributed by atoms with Crippen molar-refractivity contribution in [1.82, 2.24) is 4.90 Å². The van der Waals surface area contributed by atoms with E-state index in [1.165, 1.54) is 0 Å². The first-order valence-electron chi connectivity index (χ1n) is 9.65. The van der Waals surface area contributed by atoms with Crippen molar-refractivity contribution in [2.24, 2.45) is 5.92 Å². The summed E-state index contributed by atoms with van der Waals surface area (Å²) in [4.78, 5) is 38.3. The minimum absolute atomic E-state index is 0.00585. The van der Waals surface area contributed by atoms with Gasteiger partial charge < -0.3 is 15.0 Å². The molecule has 1 aliphatic rings. The van der Waals surface area contributed by atoms with Crippen molar-refractivity contribution in [2.75, 3.05) is 25.0 Å². The fourth-order valence-electron chi connectivity index (χ4n) is 3.26. The molecule has 1 heterocycles. The zero-order valence-corrected chi connectivity index (χ0v) is 17.8. The monoisotopic (exact) mass is 448 g/mol. The summed E-state index contributed by atoms with van der Waals surface area (Å²) < 4.78 is 5.10. The number of esters is 1. The number of likely N-dealkylation sites (tertiary alicyclic amines) is 1. The second-order valence-corrected chi connectivity index (χ2v) is 7.91. The maximum absolute atomic E-state index is 12.4. The third-order valence-electron chi connectivity index (χ3n) is 4.95. The number of ether oxygens (including phenoxy) is 1. The summed E-state index contributed by atoms with van der Waals surface area (Å²) in [6.45, 7) is 0.590. The quantitative estimate of drug-likeness (QED) is 0.678. The molecule has 158 valence electrons. The first kappa shape index (κ1) is 22.1. The molecule has 8 heteroatoms. The van der Waals surface area contributed by atoms with E-state index in [4.69, 9.17) is 27.9 Å². The number of amides is 2. The lowest BCUT2D eigenvalue weighted by Crippen LogP contribution is -2.43. The summed E-state index contributed by atoms with van der Waals surface area (Å²) >= 11 is 11.8. The van der Waals surface area contributed by atoms with Gasteiger partial charge in [0.25, 0.3) is 5.91 Å². The van der Waals surface area contributed by atoms with Crippen LogP contribution in [0.5, 0.6) is 0 Å². The van der Waals surface area contributed by atoms with Crippen LogP contribution in [0.4, 0.5) is 5.69 Å². The number of hydrogen-bond donors (Lipinski definition) is 1. The molecule has 3 rings (SSSR count). The van der Waals surface area contributed by atoms with Crippen LogP contribution in [-0.2, 0) is 25.5 Å². The summed E-state index contributed by atoms with van der Waals surface area (Å²) in [6.07, 6.45) is 1.15. The lowest BCUT2D eigenvalue weighted by molar-refractivity contribution is -0.152. The van der Waals surface area contributed by atoms with Crippen molar-refractivity contribution in [3.05, 3.63) is 64.1 Å². The van der Waals surface area contributed by atoms with Crippen LogP contribution in [0.15, 0.2) is 48.5 Å². The second-order valence-electron chi connectivity index (χ2n) is 7.10. The van der Waals surface area contributed by atoms with Gasteiger partial charge in [0.05, 0.1) is 16.5 Å². The molecule has 0 atom stereocenters. The SMILES string of the molecule is O=C(Cc1ccc(Cl)c(Cl)c1)OCC(=O)N1CCC(C(=O)Nc2ccccc2)CC1. The van der Waals surface area contributed by atoms with Gasteiger partial charge in [-0.15, -0.1) is 0 Å². The van der Waals surface area contributed by atoms with Gasteiger partial charge in [-0.05, 0) is 42.7 Å². The Morgan fingerprint density at radius 2 is 1.70 bits per heavy atom. The summed E-state index contributed by atoms with van der Waals surface area (Å²) in [5.74, 6) is -0.967. The topological polar surface area (TPSA) is 75.7 Å². The number of piperidine rings is 1. The van der Waals surface area contributed by atoms with Gasteiger partial charge in [0, 0.05) is 24.7 Å². The number of nitrogens with zero attached hydrogens (tertiary/aromatic N) is 1. The molecule has 6 nitrogen and oxygen atoms in total. The van der Waals surface area contributed by atoms with Crippen molar-refractivity contribution in [3.8, 4) is 0 Å². The van der Waals surface area contributed by atoms with Gasteiger partial charge in [-0.25, -0.2) is 0 Å². The van der Waals surface area contributed by atoms with Crippen LogP contribution in [0.2, 0.25) is 10.0 Å². The molecule has 30 heavy (non-hydrogen) atoms. The summed E-state index contributed by atoms with van der Waals surface area (Å²) in [5, 5.41) is 3.66. The third kappa shape index (κ3) is 6.21. The first-order valence-corrected chi connectivity index (χ1v) is 10.4. The highest BCUT2D eigenvalue weighted by Gasteiger charge is 2.27. The highest BCUT2D eigenvalue weighted by molar-refractivity contribution is 6.42. The number of carbonyl (C=O) groups is 3. The first-order chi connectivity index (χ1) is 14.4. The molecule has 0 saturated carbocycles. The number of para-hydroxylation sites is 1. The molecule has 1 fully saturated rings. The number of benzene rings is 2. The van der Waals surface area contributed by atoms with Crippen molar-refractivity contribution in [1.29, 1.82) is 0 Å². The van der Waals surface area contributed by atoms with E-state index in [1.54, 1.807) is 23.1 Å². The molecule has 0 aromatic heterocycles. The lowest BCUT2D eigenvalue weighted by atomic mass is 9.95. The molecule has 0 radical (unpaired) electrons. The maximum atomic E-state index is 12.4. The zero-order chi connectivity index (χ0) is 21.5. The molecule has 0 spiro atoms. The van der Waals surface area contributed by atoms with Gasteiger partial charge in [-0.2, -0.15) is 0 Å². The summed E-state index contributed by atoms with van der Waals surface area (Å²) in [6, 6.07) is 14.2. The van der Waals surface area contributed by atoms with Crippen LogP contribution in [0.3, 0.4) is 0 Å². The van der Waals surface area contributed by atoms with Crippen molar-refractivity contribution >= 4 is 46.7 Å². The number of halogens is 2. The molecule has 2 aromatic carbocycles. The van der Waals surface area contributed by atoms with Gasteiger partial charge >= 0.3 is 5.97 Å². The number of hydrogen-bond acceptors (Lipinski definition) is 4. The van der Waals surface area contributed by atoms with Gasteiger partial charge in [0.1, 0.15) is 0 Å². The predicted octanol–water partition coefficient (Wildman–Crippen LogP) is 3.96. The molecular formula is C22H22Cl2N2O4. The van der Waals surface area contributed by atoms with E-state index in [-0.39, 0.29) is 30.8 Å². The highest BCUT2D eigenvalue weighted by atomic mass is 35.5. The molecule has 1 N–H and O–H groups in total. The predicted molar refractivity (Wildman–Crippen MR) is 116 cm³/mol. The van der Waals surface area contributed by atoms with Gasteiger partial charge in [-0.3, -0.25) is 14.4 Å². The number of rotatable bonds is 6. The molecular weight excluding hydrogens is 427 g/mol. The van der Waals surface area contributed by atoms with E-state index in [0.29, 0.717) is 41.5 Å². The van der Waals surface area contributed by atoms with Crippen LogP contribution in [0, 0.1) is 5.92 Å². The van der Waals surface area contributed by atoms with E-state index in [2.05, 4.69) is 5.32 Å². The summed E-state index contributed by atoms with van der Waals surface area (Å²) in [5.41, 5.74) is 1.42. The fourth-order valence-corrected chi connectivity index (χ4v) is 3.58. The van der Waals surface area contributed by atoms with Crippen LogP contribution < -0.4 is 5.32 Å². The van der Waals surface area contributed by atoms with E-state index >= 15 is 0 Å². The second kappa shape index (κ2) is 10.5. The Morgan fingerprint density at radius 3 is 2.37 bits per heavy atom. The molecule has 1 aliphatic heterocycles. The molecule has 2 amide bonds. The van der Waals surface area contributed by atoms with Gasteiger partial charge in [0.15, 0.2) is 6.61 Å². The molecule has 0 unspecified atom stereocenters. The molecule has 0 aliphatic carbocycles. The number of nitrogens with one attached hydrogen (secondary N) is 1. The average molecular weight is 449 g/mol. The third-order valence-corrected chi connectivity index (χ3v) is 5.69. The zero-order valence-electron chi connectivity index (χ0n) is 16.3. The Bertz CT molecular complexity index is 913. The van der Waals surface area contributed by atoms with E-state index in [9.17, 15) is 14.4 Å². The Kier molecular flexibility index (Phi) is 7.71. The maximum Gasteiger partial charge on any atom is 0.310 e. The molecule has 2 aromatic rings. The van der Waals surface area contributed by atoms with Crippen LogP contribution in [0.25, 0.3) is 0 Å². The fraction of sp³-hybridized carbons (Fsp3) is 0.318. The number of anilines is 1. The average Bonchev–Trinajstić information content (AvgIpc) is 2.75. The Hall–Kier alpha value is -2.57. The highest BCUT2D eigenvalue weighted by Crippen LogP contribution is 2.23. The van der Waals surface area contributed by atoms with E-state index in [1.807, 2.05) is 30.3 Å². The standard InChI is InChI=1S/C22H22Cl2N2O4/c23-18-7-6-15(12-19(18)24)13-21(28)30-14-20(27)26-10-8-16(9-11-26)22(29)25-17-4-2-1-3-5-17/h1-7,12,16H,8-11,13-14H2,(H,25,29). The van der Waals surface area contributed by atoms with E-state index in [0.717, 1.165) is 5.69 Å². The van der Waals surface area contributed by atoms with Crippen LogP contribution >= 0.6 is 23.2 Å². The van der Waals surface area contributed by atoms with Crippen molar-refractivity contribution < 1.29 is 19.1 Å². The minimum Gasteiger partial charge on any atom is -0.455 e. The van der Waals surface area contributed by atoms with Gasteiger partial charge in [-0.1, -0.05) is 47.5 Å². The van der Waals surface area contributed by atoms with Crippen molar-refractivity contribution in [3.63, 3.8) is 0 Å². The Morgan fingerprint density at radius 1 is 1.00 bits per heavy atom. The van der Waals surface area contributed by atoms with E-state index < -0.39 is 5.97 Å². The Balaban J connectivity index is 1.40. The lowest BCUT2D eigenvalue weighted by Gasteiger charge is -2.31. The van der Waals surface area contributed by atoms with Crippen LogP contribution in [-0.4, -0.2) is 42.4 Å². The summed E-state index contributed by atoms with van der Waals surface area (Å²) in [7, 11) is 0. The normalized spacial score (nSPS) is 14.3. The van der Waals surface area contributed by atoms with Gasteiger partial charge in [0.2, 0.25) is 5.91 Å². The smallest absolute Gasteiger partial charge is 0.310 e. The number of carbonyl (C=O) groups excluding carboxylic acids is 3.